The van der Waals surface area contributed by atoms with E-state index in [1.807, 2.05) is 42.9 Å². The number of fused-ring (bicyclic) bond motifs is 1. The van der Waals surface area contributed by atoms with Gasteiger partial charge in [0.1, 0.15) is 10.7 Å². The first-order valence-corrected chi connectivity index (χ1v) is 11.4. The molecule has 8 heteroatoms. The summed E-state index contributed by atoms with van der Waals surface area (Å²) in [5, 5.41) is 14.9. The van der Waals surface area contributed by atoms with Crippen LogP contribution in [0.3, 0.4) is 0 Å². The number of nitrogens with zero attached hydrogens (tertiary/aromatic N) is 3. The SMILES string of the molecule is Cc1cnc(-c2cnc3[nH]ccc3c2N[C@H]2C[C@@H](NSc3cccc(C#N)c3)C2)s1. The maximum atomic E-state index is 9.04. The van der Waals surface area contributed by atoms with Gasteiger partial charge in [0.25, 0.3) is 0 Å². The van der Waals surface area contributed by atoms with E-state index in [1.54, 1.807) is 23.3 Å². The molecule has 0 saturated heterocycles. The largest absolute Gasteiger partial charge is 0.381 e. The summed E-state index contributed by atoms with van der Waals surface area (Å²) in [5.41, 5.74) is 3.73. The van der Waals surface area contributed by atoms with Crippen molar-refractivity contribution >= 4 is 40.0 Å². The Morgan fingerprint density at radius 1 is 1.20 bits per heavy atom. The monoisotopic (exact) mass is 432 g/mol. The van der Waals surface area contributed by atoms with Gasteiger partial charge >= 0.3 is 0 Å². The summed E-state index contributed by atoms with van der Waals surface area (Å²) in [5.74, 6) is 0. The molecule has 0 radical (unpaired) electrons. The van der Waals surface area contributed by atoms with E-state index in [-0.39, 0.29) is 0 Å². The number of rotatable bonds is 6. The minimum atomic E-state index is 0.397. The van der Waals surface area contributed by atoms with Crippen molar-refractivity contribution in [3.8, 4) is 16.6 Å². The number of H-pyrrole nitrogens is 1. The van der Waals surface area contributed by atoms with Crippen LogP contribution in [0.1, 0.15) is 23.3 Å². The van der Waals surface area contributed by atoms with Gasteiger partial charge in [-0.15, -0.1) is 11.3 Å². The minimum Gasteiger partial charge on any atom is -0.381 e. The summed E-state index contributed by atoms with van der Waals surface area (Å²) < 4.78 is 3.52. The number of benzene rings is 1. The zero-order valence-corrected chi connectivity index (χ0v) is 18.0. The van der Waals surface area contributed by atoms with Crippen LogP contribution in [0.5, 0.6) is 0 Å². The summed E-state index contributed by atoms with van der Waals surface area (Å²) >= 11 is 3.28. The number of hydrogen-bond donors (Lipinski definition) is 3. The van der Waals surface area contributed by atoms with Gasteiger partial charge in [0, 0.05) is 45.8 Å². The smallest absolute Gasteiger partial charge is 0.139 e. The molecule has 0 amide bonds. The highest BCUT2D eigenvalue weighted by atomic mass is 32.2. The molecule has 3 heterocycles. The van der Waals surface area contributed by atoms with Gasteiger partial charge in [-0.05, 0) is 56.0 Å². The van der Waals surface area contributed by atoms with Crippen LogP contribution >= 0.6 is 23.3 Å². The molecule has 30 heavy (non-hydrogen) atoms. The van der Waals surface area contributed by atoms with E-state index in [0.717, 1.165) is 45.0 Å². The predicted octanol–water partition coefficient (Wildman–Crippen LogP) is 5.11. The molecular weight excluding hydrogens is 412 g/mol. The van der Waals surface area contributed by atoms with Crippen molar-refractivity contribution in [3.63, 3.8) is 0 Å². The molecule has 0 bridgehead atoms. The van der Waals surface area contributed by atoms with Crippen LogP contribution in [0.25, 0.3) is 21.6 Å². The lowest BCUT2D eigenvalue weighted by Crippen LogP contribution is -2.45. The van der Waals surface area contributed by atoms with E-state index in [1.165, 1.54) is 4.88 Å². The van der Waals surface area contributed by atoms with E-state index in [0.29, 0.717) is 17.6 Å². The molecule has 1 aliphatic rings. The van der Waals surface area contributed by atoms with Crippen LogP contribution in [-0.4, -0.2) is 27.0 Å². The third kappa shape index (κ3) is 3.79. The lowest BCUT2D eigenvalue weighted by atomic mass is 9.87. The van der Waals surface area contributed by atoms with E-state index in [2.05, 4.69) is 44.1 Å². The van der Waals surface area contributed by atoms with Crippen LogP contribution in [0.4, 0.5) is 5.69 Å². The molecule has 6 nitrogen and oxygen atoms in total. The molecule has 0 unspecified atom stereocenters. The molecule has 0 aliphatic heterocycles. The fourth-order valence-electron chi connectivity index (χ4n) is 3.62. The Morgan fingerprint density at radius 2 is 2.10 bits per heavy atom. The van der Waals surface area contributed by atoms with Crippen molar-refractivity contribution in [1.82, 2.24) is 19.7 Å². The second-order valence-corrected chi connectivity index (χ2v) is 9.58. The summed E-state index contributed by atoms with van der Waals surface area (Å²) in [7, 11) is 0. The number of thiazole rings is 1. The van der Waals surface area contributed by atoms with Gasteiger partial charge in [-0.1, -0.05) is 6.07 Å². The van der Waals surface area contributed by atoms with Crippen molar-refractivity contribution < 1.29 is 0 Å². The number of nitriles is 1. The van der Waals surface area contributed by atoms with Crippen LogP contribution in [0.15, 0.2) is 53.8 Å². The van der Waals surface area contributed by atoms with E-state index in [9.17, 15) is 0 Å². The zero-order chi connectivity index (χ0) is 20.5. The number of aryl methyl sites for hydroxylation is 1. The van der Waals surface area contributed by atoms with Gasteiger partial charge < -0.3 is 10.3 Å². The Balaban J connectivity index is 1.27. The molecule has 3 N–H and O–H groups in total. The Morgan fingerprint density at radius 3 is 2.90 bits per heavy atom. The molecule has 1 aromatic carbocycles. The fraction of sp³-hybridized carbons (Fsp3) is 0.227. The van der Waals surface area contributed by atoms with Crippen molar-refractivity contribution in [2.45, 2.75) is 36.7 Å². The van der Waals surface area contributed by atoms with Gasteiger partial charge in [0.05, 0.1) is 22.9 Å². The van der Waals surface area contributed by atoms with Crippen LogP contribution in [0.2, 0.25) is 0 Å². The summed E-state index contributed by atoms with van der Waals surface area (Å²) in [6.07, 6.45) is 7.82. The van der Waals surface area contributed by atoms with Gasteiger partial charge in [0.2, 0.25) is 0 Å². The van der Waals surface area contributed by atoms with E-state index < -0.39 is 0 Å². The van der Waals surface area contributed by atoms with Gasteiger partial charge in [0.15, 0.2) is 0 Å². The summed E-state index contributed by atoms with van der Waals surface area (Å²) in [6.45, 7) is 2.07. The third-order valence-corrected chi connectivity index (χ3v) is 7.12. The lowest BCUT2D eigenvalue weighted by molar-refractivity contribution is 0.355. The molecule has 1 saturated carbocycles. The Hall–Kier alpha value is -2.86. The fourth-order valence-corrected chi connectivity index (χ4v) is 5.23. The Labute approximate surface area is 182 Å². The van der Waals surface area contributed by atoms with E-state index in [4.69, 9.17) is 5.26 Å². The topological polar surface area (TPSA) is 89.4 Å². The van der Waals surface area contributed by atoms with Crippen molar-refractivity contribution in [2.24, 2.45) is 0 Å². The maximum absolute atomic E-state index is 9.04. The summed E-state index contributed by atoms with van der Waals surface area (Å²) in [6, 6.07) is 12.8. The van der Waals surface area contributed by atoms with Crippen molar-refractivity contribution in [3.05, 3.63) is 59.4 Å². The van der Waals surface area contributed by atoms with Crippen LogP contribution in [-0.2, 0) is 0 Å². The van der Waals surface area contributed by atoms with Gasteiger partial charge in [-0.2, -0.15) is 5.26 Å². The summed E-state index contributed by atoms with van der Waals surface area (Å²) in [4.78, 5) is 14.6. The second kappa shape index (κ2) is 8.11. The molecule has 0 spiro atoms. The van der Waals surface area contributed by atoms with Crippen LogP contribution in [0, 0.1) is 18.3 Å². The quantitative estimate of drug-likeness (QED) is 0.367. The number of aromatic amines is 1. The van der Waals surface area contributed by atoms with Crippen molar-refractivity contribution in [2.75, 3.05) is 5.32 Å². The second-order valence-electron chi connectivity index (χ2n) is 7.43. The lowest BCUT2D eigenvalue weighted by Gasteiger charge is -2.37. The molecule has 4 aromatic rings. The predicted molar refractivity (Wildman–Crippen MR) is 123 cm³/mol. The molecule has 1 aliphatic carbocycles. The Bertz CT molecular complexity index is 1230. The molecule has 5 rings (SSSR count). The van der Waals surface area contributed by atoms with Crippen molar-refractivity contribution in [1.29, 1.82) is 5.26 Å². The highest BCUT2D eigenvalue weighted by molar-refractivity contribution is 7.97. The average molecular weight is 433 g/mol. The molecule has 3 aromatic heterocycles. The first kappa shape index (κ1) is 19.1. The Kier molecular flexibility index (Phi) is 5.17. The zero-order valence-electron chi connectivity index (χ0n) is 16.3. The number of hydrogen-bond acceptors (Lipinski definition) is 7. The van der Waals surface area contributed by atoms with Crippen LogP contribution < -0.4 is 10.0 Å². The number of nitrogens with one attached hydrogen (secondary N) is 3. The maximum Gasteiger partial charge on any atom is 0.139 e. The number of aromatic nitrogens is 3. The number of pyridine rings is 1. The third-order valence-electron chi connectivity index (χ3n) is 5.23. The van der Waals surface area contributed by atoms with Gasteiger partial charge in [-0.25, -0.2) is 9.97 Å². The molecular formula is C22H20N6S2. The normalized spacial score (nSPS) is 18.1. The van der Waals surface area contributed by atoms with Gasteiger partial charge in [-0.3, -0.25) is 4.72 Å². The number of anilines is 1. The van der Waals surface area contributed by atoms with E-state index >= 15 is 0 Å². The standard InChI is InChI=1S/C22H20N6S2/c1-13-11-26-22(29-13)19-12-25-21-18(5-6-24-21)20(19)27-15-8-16(9-15)28-30-17-4-2-3-14(7-17)10-23/h2-7,11-12,15-16,28H,8-9H2,1H3,(H2,24,25,27)/t15-,16+. The first-order valence-electron chi connectivity index (χ1n) is 9.77. The average Bonchev–Trinajstić information content (AvgIpc) is 3.38. The molecule has 150 valence electrons. The molecule has 0 atom stereocenters. The minimum absolute atomic E-state index is 0.397. The first-order chi connectivity index (χ1) is 14.7. The highest BCUT2D eigenvalue weighted by Crippen LogP contribution is 2.38. The molecule has 1 fully saturated rings. The highest BCUT2D eigenvalue weighted by Gasteiger charge is 2.30.